The summed E-state index contributed by atoms with van der Waals surface area (Å²) in [5, 5.41) is 11.9. The third kappa shape index (κ3) is 3.73. The number of carbonyl (C=O) groups is 1. The van der Waals surface area contributed by atoms with E-state index in [1.165, 1.54) is 0 Å². The Balaban J connectivity index is 1.36. The molecule has 158 valence electrons. The second-order valence-corrected chi connectivity index (χ2v) is 8.77. The quantitative estimate of drug-likeness (QED) is 0.678. The topological polar surface area (TPSA) is 76.7 Å². The van der Waals surface area contributed by atoms with Crippen molar-refractivity contribution in [2.45, 2.75) is 32.5 Å². The van der Waals surface area contributed by atoms with Gasteiger partial charge >= 0.3 is 0 Å². The monoisotopic (exact) mass is 408 g/mol. The summed E-state index contributed by atoms with van der Waals surface area (Å²) >= 11 is 0. The van der Waals surface area contributed by atoms with Crippen LogP contribution in [0, 0.1) is 11.8 Å². The maximum Gasteiger partial charge on any atom is 0.228 e. The first-order valence-corrected chi connectivity index (χ1v) is 10.6. The lowest BCUT2D eigenvalue weighted by Crippen LogP contribution is -2.21. The number of aryl methyl sites for hydroxylation is 1. The van der Waals surface area contributed by atoms with Crippen molar-refractivity contribution in [3.8, 4) is 11.3 Å². The molecule has 3 aromatic rings. The number of pyridine rings is 1. The summed E-state index contributed by atoms with van der Waals surface area (Å²) in [5.41, 5.74) is 4.10. The number of carbonyl (C=O) groups excluding carboxylic acids is 1. The lowest BCUT2D eigenvalue weighted by atomic mass is 10.1. The Morgan fingerprint density at radius 3 is 2.83 bits per heavy atom. The van der Waals surface area contributed by atoms with Crippen molar-refractivity contribution < 1.29 is 9.53 Å². The third-order valence-electron chi connectivity index (χ3n) is 6.13. The molecule has 4 heterocycles. The van der Waals surface area contributed by atoms with Gasteiger partial charge in [-0.3, -0.25) is 9.48 Å². The number of ether oxygens (including phenoxy) is 1. The van der Waals surface area contributed by atoms with Crippen molar-refractivity contribution in [1.82, 2.24) is 24.3 Å². The molecule has 0 aromatic carbocycles. The number of hydrogen-bond acceptors (Lipinski definition) is 5. The Morgan fingerprint density at radius 1 is 1.27 bits per heavy atom. The van der Waals surface area contributed by atoms with Gasteiger partial charge in [-0.2, -0.15) is 10.2 Å². The summed E-state index contributed by atoms with van der Waals surface area (Å²) in [6, 6.07) is 6.01. The number of hydrogen-bond donors (Lipinski definition) is 1. The van der Waals surface area contributed by atoms with Gasteiger partial charge in [-0.15, -0.1) is 0 Å². The first-order chi connectivity index (χ1) is 14.5. The molecule has 30 heavy (non-hydrogen) atoms. The van der Waals surface area contributed by atoms with Gasteiger partial charge in [0, 0.05) is 49.4 Å². The van der Waals surface area contributed by atoms with Gasteiger partial charge in [0.05, 0.1) is 30.1 Å². The Morgan fingerprint density at radius 2 is 2.10 bits per heavy atom. The van der Waals surface area contributed by atoms with Gasteiger partial charge in [-0.05, 0) is 37.9 Å². The minimum Gasteiger partial charge on any atom is -0.372 e. The second-order valence-electron chi connectivity index (χ2n) is 8.77. The second kappa shape index (κ2) is 7.52. The number of amides is 1. The van der Waals surface area contributed by atoms with E-state index in [1.807, 2.05) is 36.3 Å². The molecule has 1 aliphatic heterocycles. The van der Waals surface area contributed by atoms with E-state index < -0.39 is 0 Å². The largest absolute Gasteiger partial charge is 0.372 e. The summed E-state index contributed by atoms with van der Waals surface area (Å²) in [5.74, 6) is 1.35. The van der Waals surface area contributed by atoms with Gasteiger partial charge in [0.2, 0.25) is 5.91 Å². The highest BCUT2D eigenvalue weighted by molar-refractivity contribution is 5.93. The summed E-state index contributed by atoms with van der Waals surface area (Å²) in [4.78, 5) is 14.3. The zero-order chi connectivity index (χ0) is 20.8. The van der Waals surface area contributed by atoms with Crippen LogP contribution in [0.3, 0.4) is 0 Å². The zero-order valence-corrected chi connectivity index (χ0v) is 17.7. The highest BCUT2D eigenvalue weighted by Crippen LogP contribution is 2.31. The molecule has 0 bridgehead atoms. The van der Waals surface area contributed by atoms with Crippen LogP contribution < -0.4 is 5.32 Å². The van der Waals surface area contributed by atoms with E-state index in [2.05, 4.69) is 40.5 Å². The number of nitrogens with zero attached hydrogens (tertiary/aromatic N) is 5. The maximum atomic E-state index is 12.0. The molecule has 0 spiro atoms. The van der Waals surface area contributed by atoms with Crippen molar-refractivity contribution in [2.75, 3.05) is 25.5 Å². The van der Waals surface area contributed by atoms with Crippen molar-refractivity contribution in [1.29, 1.82) is 0 Å². The van der Waals surface area contributed by atoms with E-state index in [0.29, 0.717) is 18.3 Å². The summed E-state index contributed by atoms with van der Waals surface area (Å²) in [6.45, 7) is 4.82. The van der Waals surface area contributed by atoms with Gasteiger partial charge in [0.25, 0.3) is 0 Å². The Hall–Kier alpha value is -2.71. The van der Waals surface area contributed by atoms with Gasteiger partial charge in [-0.1, -0.05) is 6.92 Å². The average Bonchev–Trinajstić information content (AvgIpc) is 3.28. The predicted octanol–water partition coefficient (Wildman–Crippen LogP) is 2.55. The molecule has 1 N–H and O–H groups in total. The smallest absolute Gasteiger partial charge is 0.228 e. The van der Waals surface area contributed by atoms with Crippen LogP contribution in [0.15, 0.2) is 30.6 Å². The normalized spacial score (nSPS) is 22.1. The van der Waals surface area contributed by atoms with Crippen LogP contribution >= 0.6 is 0 Å². The van der Waals surface area contributed by atoms with Crippen LogP contribution in [0.2, 0.25) is 0 Å². The first-order valence-electron chi connectivity index (χ1n) is 10.6. The van der Waals surface area contributed by atoms with Crippen molar-refractivity contribution in [3.63, 3.8) is 0 Å². The number of likely N-dealkylation sites (tertiary alicyclic amines) is 1. The molecule has 8 heteroatoms. The van der Waals surface area contributed by atoms with Crippen LogP contribution in [-0.2, 0) is 23.2 Å². The molecule has 2 aliphatic rings. The zero-order valence-electron chi connectivity index (χ0n) is 17.7. The molecule has 8 nitrogen and oxygen atoms in total. The van der Waals surface area contributed by atoms with Gasteiger partial charge in [-0.25, -0.2) is 4.52 Å². The maximum absolute atomic E-state index is 12.0. The number of aromatic nitrogens is 4. The highest BCUT2D eigenvalue weighted by Gasteiger charge is 2.30. The number of fused-ring (bicyclic) bond motifs is 1. The first kappa shape index (κ1) is 19.3. The van der Waals surface area contributed by atoms with Gasteiger partial charge in [0.1, 0.15) is 0 Å². The molecule has 1 aliphatic carbocycles. The summed E-state index contributed by atoms with van der Waals surface area (Å²) in [7, 11) is 4.09. The lowest BCUT2D eigenvalue weighted by Gasteiger charge is -2.16. The molecule has 0 unspecified atom stereocenters. The van der Waals surface area contributed by atoms with Crippen molar-refractivity contribution >= 4 is 17.2 Å². The van der Waals surface area contributed by atoms with E-state index in [4.69, 9.17) is 4.74 Å². The molecule has 1 amide bonds. The van der Waals surface area contributed by atoms with Crippen molar-refractivity contribution in [2.24, 2.45) is 18.9 Å². The van der Waals surface area contributed by atoms with E-state index in [9.17, 15) is 4.79 Å². The highest BCUT2D eigenvalue weighted by atomic mass is 16.5. The van der Waals surface area contributed by atoms with Crippen LogP contribution in [0.5, 0.6) is 0 Å². The van der Waals surface area contributed by atoms with E-state index in [-0.39, 0.29) is 17.9 Å². The summed E-state index contributed by atoms with van der Waals surface area (Å²) < 4.78 is 9.93. The molecule has 3 aromatic heterocycles. The Bertz CT molecular complexity index is 1080. The fraction of sp³-hybridized carbons (Fsp3) is 0.500. The lowest BCUT2D eigenvalue weighted by molar-refractivity contribution is -0.117. The fourth-order valence-electron chi connectivity index (χ4n) is 4.32. The van der Waals surface area contributed by atoms with E-state index in [1.54, 1.807) is 4.52 Å². The number of anilines is 1. The van der Waals surface area contributed by atoms with Gasteiger partial charge < -0.3 is 15.0 Å². The SMILES string of the molecule is C[C@@H]1CN(C)C[C@@H]1OCc1cnn(C)c1-c1ccn2nc(NC(=O)C3CC3)cc2c1. The van der Waals surface area contributed by atoms with Crippen molar-refractivity contribution in [3.05, 3.63) is 36.2 Å². The van der Waals surface area contributed by atoms with Crippen LogP contribution in [-0.4, -0.2) is 56.4 Å². The van der Waals surface area contributed by atoms with Crippen LogP contribution in [0.25, 0.3) is 16.8 Å². The van der Waals surface area contributed by atoms with Crippen LogP contribution in [0.4, 0.5) is 5.82 Å². The van der Waals surface area contributed by atoms with Gasteiger partial charge in [0.15, 0.2) is 5.82 Å². The molecular weight excluding hydrogens is 380 g/mol. The molecule has 2 fully saturated rings. The fourth-order valence-corrected chi connectivity index (χ4v) is 4.32. The Kier molecular flexibility index (Phi) is 4.83. The van der Waals surface area contributed by atoms with Crippen LogP contribution in [0.1, 0.15) is 25.3 Å². The molecule has 1 saturated heterocycles. The Labute approximate surface area is 175 Å². The van der Waals surface area contributed by atoms with E-state index >= 15 is 0 Å². The predicted molar refractivity (Wildman–Crippen MR) is 114 cm³/mol. The minimum absolute atomic E-state index is 0.0662. The average molecular weight is 409 g/mol. The number of rotatable bonds is 6. The molecule has 5 rings (SSSR count). The summed E-state index contributed by atoms with van der Waals surface area (Å²) in [6.07, 6.45) is 6.01. The molecule has 0 radical (unpaired) electrons. The molecule has 1 saturated carbocycles. The third-order valence-corrected chi connectivity index (χ3v) is 6.13. The molecule has 2 atom stereocenters. The molecular formula is C22H28N6O2. The standard InChI is InChI=1S/C22H28N6O2/c1-14-11-26(2)12-19(14)30-13-17-10-23-27(3)21(17)16-6-7-28-18(8-16)9-20(25-28)24-22(29)15-4-5-15/h6-10,14-15,19H,4-5,11-13H2,1-3H3,(H,24,25,29)/t14-,19+/m1/s1. The number of likely N-dealkylation sites (N-methyl/N-ethyl adjacent to an activating group) is 1. The minimum atomic E-state index is 0.0662. The van der Waals surface area contributed by atoms with E-state index in [0.717, 1.165) is 48.3 Å². The number of nitrogens with one attached hydrogen (secondary N) is 1.